The third-order valence-corrected chi connectivity index (χ3v) is 4.11. The molecule has 1 aliphatic rings. The molecule has 18 heavy (non-hydrogen) atoms. The van der Waals surface area contributed by atoms with Crippen molar-refractivity contribution in [3.63, 3.8) is 0 Å². The molecule has 0 heterocycles. The second kappa shape index (κ2) is 5.59. The van der Waals surface area contributed by atoms with Crippen LogP contribution in [-0.4, -0.2) is 40.6 Å². The maximum Gasteiger partial charge on any atom is 0.329 e. The first-order chi connectivity index (χ1) is 8.30. The summed E-state index contributed by atoms with van der Waals surface area (Å²) >= 11 is 0. The van der Waals surface area contributed by atoms with Gasteiger partial charge in [-0.3, -0.25) is 0 Å². The van der Waals surface area contributed by atoms with E-state index in [1.165, 1.54) is 0 Å². The van der Waals surface area contributed by atoms with Gasteiger partial charge in [0.15, 0.2) is 0 Å². The minimum absolute atomic E-state index is 0.0808. The Hall–Kier alpha value is -1.26. The van der Waals surface area contributed by atoms with Crippen molar-refractivity contribution in [2.45, 2.75) is 58.0 Å². The Morgan fingerprint density at radius 1 is 1.22 bits per heavy atom. The van der Waals surface area contributed by atoms with Crippen LogP contribution in [0.2, 0.25) is 0 Å². The van der Waals surface area contributed by atoms with Crippen LogP contribution in [0, 0.1) is 5.92 Å². The number of nitrogens with zero attached hydrogens (tertiary/aromatic N) is 1. The van der Waals surface area contributed by atoms with E-state index in [9.17, 15) is 14.7 Å². The highest BCUT2D eigenvalue weighted by Gasteiger charge is 2.43. The molecule has 0 saturated heterocycles. The summed E-state index contributed by atoms with van der Waals surface area (Å²) in [6.07, 6.45) is 2.77. The molecule has 1 atom stereocenters. The molecule has 5 heteroatoms. The molecule has 1 unspecified atom stereocenters. The fourth-order valence-corrected chi connectivity index (χ4v) is 2.30. The maximum atomic E-state index is 12.1. The number of nitrogens with one attached hydrogen (secondary N) is 1. The summed E-state index contributed by atoms with van der Waals surface area (Å²) in [4.78, 5) is 25.0. The normalized spacial score (nSPS) is 19.6. The lowest BCUT2D eigenvalue weighted by molar-refractivity contribution is -0.144. The third-order valence-electron chi connectivity index (χ3n) is 4.11. The molecule has 1 saturated carbocycles. The number of rotatable bonds is 4. The van der Waals surface area contributed by atoms with Gasteiger partial charge in [0.25, 0.3) is 0 Å². The number of hydrogen-bond acceptors (Lipinski definition) is 2. The van der Waals surface area contributed by atoms with Crippen molar-refractivity contribution < 1.29 is 14.7 Å². The van der Waals surface area contributed by atoms with Gasteiger partial charge in [0, 0.05) is 13.1 Å². The first-order valence-electron chi connectivity index (χ1n) is 6.58. The van der Waals surface area contributed by atoms with Crippen LogP contribution in [0.4, 0.5) is 4.79 Å². The van der Waals surface area contributed by atoms with E-state index >= 15 is 0 Å². The van der Waals surface area contributed by atoms with Crippen LogP contribution in [0.25, 0.3) is 0 Å². The number of amides is 2. The number of carboxylic acid groups (broad SMARTS) is 1. The summed E-state index contributed by atoms with van der Waals surface area (Å²) in [5, 5.41) is 12.0. The minimum Gasteiger partial charge on any atom is -0.480 e. The topological polar surface area (TPSA) is 69.6 Å². The van der Waals surface area contributed by atoms with Crippen LogP contribution in [-0.2, 0) is 4.79 Å². The number of carboxylic acids is 1. The summed E-state index contributed by atoms with van der Waals surface area (Å²) in [5.41, 5.74) is -1.05. The maximum absolute atomic E-state index is 12.1. The van der Waals surface area contributed by atoms with E-state index < -0.39 is 11.5 Å². The standard InChI is InChI=1S/C13H24N2O3/c1-9(2)10(3)15(4)12(18)14-13(11(16)17)7-5-6-8-13/h9-10H,5-8H2,1-4H3,(H,14,18)(H,16,17). The molecule has 1 aliphatic carbocycles. The number of carbonyl (C=O) groups is 2. The zero-order valence-electron chi connectivity index (χ0n) is 11.7. The SMILES string of the molecule is CC(C)C(C)N(C)C(=O)NC1(C(=O)O)CCCC1. The highest BCUT2D eigenvalue weighted by atomic mass is 16.4. The van der Waals surface area contributed by atoms with Gasteiger partial charge in [-0.1, -0.05) is 26.7 Å². The lowest BCUT2D eigenvalue weighted by Gasteiger charge is -2.33. The Morgan fingerprint density at radius 3 is 2.11 bits per heavy atom. The van der Waals surface area contributed by atoms with E-state index in [2.05, 4.69) is 5.32 Å². The summed E-state index contributed by atoms with van der Waals surface area (Å²) < 4.78 is 0. The Balaban J connectivity index is 2.71. The van der Waals surface area contributed by atoms with Crippen LogP contribution in [0.1, 0.15) is 46.5 Å². The van der Waals surface area contributed by atoms with E-state index in [4.69, 9.17) is 0 Å². The second-order valence-electron chi connectivity index (χ2n) is 5.62. The quantitative estimate of drug-likeness (QED) is 0.809. The molecule has 104 valence electrons. The molecule has 2 amide bonds. The third kappa shape index (κ3) is 2.94. The highest BCUT2D eigenvalue weighted by Crippen LogP contribution is 2.30. The van der Waals surface area contributed by atoms with Gasteiger partial charge in [-0.2, -0.15) is 0 Å². The van der Waals surface area contributed by atoms with Gasteiger partial charge in [-0.15, -0.1) is 0 Å². The summed E-state index contributed by atoms with van der Waals surface area (Å²) in [7, 11) is 1.71. The van der Waals surface area contributed by atoms with Gasteiger partial charge >= 0.3 is 12.0 Å². The van der Waals surface area contributed by atoms with Crippen LogP contribution < -0.4 is 5.32 Å². The predicted octanol–water partition coefficient (Wildman–Crippen LogP) is 2.07. The number of hydrogen-bond donors (Lipinski definition) is 2. The Labute approximate surface area is 109 Å². The highest BCUT2D eigenvalue weighted by molar-refractivity contribution is 5.86. The molecule has 0 aromatic rings. The van der Waals surface area contributed by atoms with Crippen LogP contribution in [0.5, 0.6) is 0 Å². The fraction of sp³-hybridized carbons (Fsp3) is 0.846. The Kier molecular flexibility index (Phi) is 4.59. The van der Waals surface area contributed by atoms with Crippen molar-refractivity contribution in [3.05, 3.63) is 0 Å². The molecular formula is C13H24N2O3. The minimum atomic E-state index is -1.05. The average Bonchev–Trinajstić information content (AvgIpc) is 2.76. The van der Waals surface area contributed by atoms with Crippen molar-refractivity contribution in [1.82, 2.24) is 10.2 Å². The lowest BCUT2D eigenvalue weighted by atomic mass is 9.98. The summed E-state index contributed by atoms with van der Waals surface area (Å²) in [5.74, 6) is -0.580. The lowest BCUT2D eigenvalue weighted by Crippen LogP contribution is -2.57. The van der Waals surface area contributed by atoms with Crippen LogP contribution in [0.3, 0.4) is 0 Å². The average molecular weight is 256 g/mol. The van der Waals surface area contributed by atoms with E-state index in [1.54, 1.807) is 11.9 Å². The van der Waals surface area contributed by atoms with Gasteiger partial charge in [0.05, 0.1) is 0 Å². The first-order valence-corrected chi connectivity index (χ1v) is 6.58. The molecule has 0 bridgehead atoms. The van der Waals surface area contributed by atoms with E-state index in [-0.39, 0.29) is 12.1 Å². The van der Waals surface area contributed by atoms with Crippen LogP contribution >= 0.6 is 0 Å². The molecule has 0 aromatic carbocycles. The van der Waals surface area contributed by atoms with Crippen molar-refractivity contribution in [2.24, 2.45) is 5.92 Å². The van der Waals surface area contributed by atoms with Gasteiger partial charge in [0.2, 0.25) is 0 Å². The largest absolute Gasteiger partial charge is 0.480 e. The molecule has 0 spiro atoms. The summed E-state index contributed by atoms with van der Waals surface area (Å²) in [6, 6.07) is -0.210. The van der Waals surface area contributed by atoms with Crippen molar-refractivity contribution >= 4 is 12.0 Å². The van der Waals surface area contributed by atoms with Crippen molar-refractivity contribution in [2.75, 3.05) is 7.05 Å². The second-order valence-corrected chi connectivity index (χ2v) is 5.62. The molecule has 0 aromatic heterocycles. The van der Waals surface area contributed by atoms with Gasteiger partial charge in [-0.05, 0) is 25.7 Å². The molecule has 0 aliphatic heterocycles. The number of aliphatic carboxylic acids is 1. The number of urea groups is 1. The van der Waals surface area contributed by atoms with E-state index in [0.717, 1.165) is 12.8 Å². The fourth-order valence-electron chi connectivity index (χ4n) is 2.30. The molecule has 1 fully saturated rings. The Bertz CT molecular complexity index is 322. The molecule has 0 radical (unpaired) electrons. The first kappa shape index (κ1) is 14.8. The van der Waals surface area contributed by atoms with Crippen molar-refractivity contribution in [1.29, 1.82) is 0 Å². The molecule has 5 nitrogen and oxygen atoms in total. The zero-order valence-corrected chi connectivity index (χ0v) is 11.7. The van der Waals surface area contributed by atoms with Gasteiger partial charge in [0.1, 0.15) is 5.54 Å². The summed E-state index contributed by atoms with van der Waals surface area (Å²) in [6.45, 7) is 6.04. The van der Waals surface area contributed by atoms with Gasteiger partial charge < -0.3 is 15.3 Å². The van der Waals surface area contributed by atoms with E-state index in [0.29, 0.717) is 18.8 Å². The smallest absolute Gasteiger partial charge is 0.329 e. The molecule has 2 N–H and O–H groups in total. The zero-order chi connectivity index (χ0) is 13.9. The molecule has 1 rings (SSSR count). The number of carbonyl (C=O) groups excluding carboxylic acids is 1. The predicted molar refractivity (Wildman–Crippen MR) is 69.4 cm³/mol. The van der Waals surface area contributed by atoms with Crippen LogP contribution in [0.15, 0.2) is 0 Å². The Morgan fingerprint density at radius 2 is 1.72 bits per heavy atom. The van der Waals surface area contributed by atoms with Crippen molar-refractivity contribution in [3.8, 4) is 0 Å². The van der Waals surface area contributed by atoms with Gasteiger partial charge in [-0.25, -0.2) is 9.59 Å². The van der Waals surface area contributed by atoms with E-state index in [1.807, 2.05) is 20.8 Å². The molecular weight excluding hydrogens is 232 g/mol. The monoisotopic (exact) mass is 256 g/mol.